The average molecular weight is 376 g/mol. The smallest absolute Gasteiger partial charge is 0.419 e. The van der Waals surface area contributed by atoms with Crippen molar-refractivity contribution in [3.8, 4) is 5.75 Å². The van der Waals surface area contributed by atoms with Crippen molar-refractivity contribution in [1.82, 2.24) is 5.43 Å². The fourth-order valence-corrected chi connectivity index (χ4v) is 1.95. The molecule has 0 aliphatic carbocycles. The van der Waals surface area contributed by atoms with Gasteiger partial charge >= 0.3 is 12.4 Å². The second-order valence-electron chi connectivity index (χ2n) is 5.02. The summed E-state index contributed by atoms with van der Waals surface area (Å²) in [6, 6.07) is 7.68. The SMILES string of the molecule is O=C(N/N=C/c1cc(C(F)(F)F)cc(C(F)(F)F)c1O)c1ccccc1. The number of hydrazone groups is 1. The number of nitrogens with zero attached hydrogens (tertiary/aromatic N) is 1. The molecule has 2 N–H and O–H groups in total. The number of hydrogen-bond donors (Lipinski definition) is 2. The van der Waals surface area contributed by atoms with Crippen molar-refractivity contribution in [3.05, 3.63) is 64.7 Å². The molecule has 10 heteroatoms. The molecule has 0 aliphatic rings. The summed E-state index contributed by atoms with van der Waals surface area (Å²) in [6.07, 6.45) is -9.77. The Labute approximate surface area is 142 Å². The summed E-state index contributed by atoms with van der Waals surface area (Å²) in [5, 5.41) is 12.9. The summed E-state index contributed by atoms with van der Waals surface area (Å²) < 4.78 is 76.8. The minimum absolute atomic E-state index is 0.175. The van der Waals surface area contributed by atoms with Gasteiger partial charge in [-0.25, -0.2) is 5.43 Å². The van der Waals surface area contributed by atoms with Crippen molar-refractivity contribution in [2.45, 2.75) is 12.4 Å². The van der Waals surface area contributed by atoms with E-state index in [4.69, 9.17) is 0 Å². The Morgan fingerprint density at radius 2 is 1.62 bits per heavy atom. The maximum Gasteiger partial charge on any atom is 0.419 e. The monoisotopic (exact) mass is 376 g/mol. The number of rotatable bonds is 3. The summed E-state index contributed by atoms with van der Waals surface area (Å²) in [4.78, 5) is 11.7. The Kier molecular flexibility index (Phi) is 5.24. The summed E-state index contributed by atoms with van der Waals surface area (Å²) >= 11 is 0. The lowest BCUT2D eigenvalue weighted by Crippen LogP contribution is -2.17. The minimum Gasteiger partial charge on any atom is -0.507 e. The number of hydrogen-bond acceptors (Lipinski definition) is 3. The molecule has 0 atom stereocenters. The highest BCUT2D eigenvalue weighted by Crippen LogP contribution is 2.41. The molecule has 0 saturated carbocycles. The second-order valence-corrected chi connectivity index (χ2v) is 5.02. The minimum atomic E-state index is -5.21. The van der Waals surface area contributed by atoms with E-state index in [0.29, 0.717) is 12.3 Å². The van der Waals surface area contributed by atoms with Crippen LogP contribution in [0, 0.1) is 0 Å². The summed E-state index contributed by atoms with van der Waals surface area (Å²) in [6.45, 7) is 0. The molecule has 0 unspecified atom stereocenters. The molecular formula is C16H10F6N2O2. The maximum atomic E-state index is 12.8. The number of carbonyl (C=O) groups is 1. The van der Waals surface area contributed by atoms with Gasteiger partial charge in [-0.3, -0.25) is 4.79 Å². The van der Waals surface area contributed by atoms with E-state index in [0.717, 1.165) is 0 Å². The first-order valence-corrected chi connectivity index (χ1v) is 6.90. The van der Waals surface area contributed by atoms with Crippen molar-refractivity contribution in [1.29, 1.82) is 0 Å². The van der Waals surface area contributed by atoms with Gasteiger partial charge in [0.05, 0.1) is 17.3 Å². The molecule has 0 aromatic heterocycles. The Balaban J connectivity index is 2.34. The van der Waals surface area contributed by atoms with Crippen LogP contribution in [0.2, 0.25) is 0 Å². The quantitative estimate of drug-likeness (QED) is 0.479. The van der Waals surface area contributed by atoms with Gasteiger partial charge in [0.2, 0.25) is 0 Å². The number of alkyl halides is 6. The molecule has 2 rings (SSSR count). The van der Waals surface area contributed by atoms with Crippen LogP contribution < -0.4 is 5.43 Å². The zero-order chi connectivity index (χ0) is 19.5. The Morgan fingerprint density at radius 3 is 2.15 bits per heavy atom. The third-order valence-electron chi connectivity index (χ3n) is 3.18. The highest BCUT2D eigenvalue weighted by Gasteiger charge is 2.39. The summed E-state index contributed by atoms with van der Waals surface area (Å²) in [5.41, 5.74) is -2.19. The van der Waals surface area contributed by atoms with E-state index in [1.54, 1.807) is 18.2 Å². The van der Waals surface area contributed by atoms with E-state index in [2.05, 4.69) is 5.10 Å². The molecule has 0 heterocycles. The largest absolute Gasteiger partial charge is 0.507 e. The standard InChI is InChI=1S/C16H10F6N2O2/c17-15(18,19)11-6-10(13(25)12(7-11)16(20,21)22)8-23-24-14(26)9-4-2-1-3-5-9/h1-8,25H,(H,24,26)/b23-8+. The fraction of sp³-hybridized carbons (Fsp3) is 0.125. The molecule has 26 heavy (non-hydrogen) atoms. The molecule has 4 nitrogen and oxygen atoms in total. The molecule has 0 aliphatic heterocycles. The Bertz CT molecular complexity index is 829. The van der Waals surface area contributed by atoms with Gasteiger partial charge in [-0.05, 0) is 24.3 Å². The van der Waals surface area contributed by atoms with E-state index < -0.39 is 40.7 Å². The Hall–Kier alpha value is -3.04. The van der Waals surface area contributed by atoms with Crippen molar-refractivity contribution in [3.63, 3.8) is 0 Å². The Morgan fingerprint density at radius 1 is 1.00 bits per heavy atom. The van der Waals surface area contributed by atoms with Gasteiger partial charge in [0, 0.05) is 11.1 Å². The maximum absolute atomic E-state index is 12.8. The van der Waals surface area contributed by atoms with Crippen LogP contribution in [-0.4, -0.2) is 17.2 Å². The van der Waals surface area contributed by atoms with Crippen molar-refractivity contribution in [2.75, 3.05) is 0 Å². The van der Waals surface area contributed by atoms with Gasteiger partial charge in [-0.1, -0.05) is 18.2 Å². The number of halogens is 6. The fourth-order valence-electron chi connectivity index (χ4n) is 1.95. The van der Waals surface area contributed by atoms with Crippen LogP contribution in [0.1, 0.15) is 27.0 Å². The van der Waals surface area contributed by atoms with E-state index in [1.165, 1.54) is 12.1 Å². The van der Waals surface area contributed by atoms with Gasteiger partial charge in [-0.2, -0.15) is 31.4 Å². The number of phenols is 1. The van der Waals surface area contributed by atoms with Crippen LogP contribution in [-0.2, 0) is 12.4 Å². The molecular weight excluding hydrogens is 366 g/mol. The topological polar surface area (TPSA) is 61.7 Å². The van der Waals surface area contributed by atoms with Crippen LogP contribution in [0.4, 0.5) is 26.3 Å². The van der Waals surface area contributed by atoms with E-state index in [-0.39, 0.29) is 11.6 Å². The van der Waals surface area contributed by atoms with Crippen molar-refractivity contribution in [2.24, 2.45) is 5.10 Å². The number of nitrogens with one attached hydrogen (secondary N) is 1. The highest BCUT2D eigenvalue weighted by atomic mass is 19.4. The molecule has 0 fully saturated rings. The predicted octanol–water partition coefficient (Wildman–Crippen LogP) is 4.19. The normalized spacial score (nSPS) is 12.4. The van der Waals surface area contributed by atoms with Crippen LogP contribution in [0.15, 0.2) is 47.6 Å². The number of carbonyl (C=O) groups excluding carboxylic acids is 1. The van der Waals surface area contributed by atoms with Gasteiger partial charge < -0.3 is 5.11 Å². The molecule has 1 amide bonds. The van der Waals surface area contributed by atoms with Crippen LogP contribution >= 0.6 is 0 Å². The van der Waals surface area contributed by atoms with E-state index in [1.807, 2.05) is 5.43 Å². The number of amides is 1. The lowest BCUT2D eigenvalue weighted by molar-refractivity contribution is -0.143. The van der Waals surface area contributed by atoms with E-state index >= 15 is 0 Å². The molecule has 138 valence electrons. The van der Waals surface area contributed by atoms with Gasteiger partial charge in [-0.15, -0.1) is 0 Å². The van der Waals surface area contributed by atoms with Gasteiger partial charge in [0.15, 0.2) is 0 Å². The molecule has 0 radical (unpaired) electrons. The first-order valence-electron chi connectivity index (χ1n) is 6.90. The number of aromatic hydroxyl groups is 1. The molecule has 0 saturated heterocycles. The number of phenolic OH excluding ortho intramolecular Hbond substituents is 1. The molecule has 0 bridgehead atoms. The van der Waals surface area contributed by atoms with Crippen LogP contribution in [0.3, 0.4) is 0 Å². The highest BCUT2D eigenvalue weighted by molar-refractivity contribution is 5.95. The third-order valence-corrected chi connectivity index (χ3v) is 3.18. The lowest BCUT2D eigenvalue weighted by Gasteiger charge is -2.15. The average Bonchev–Trinajstić information content (AvgIpc) is 2.55. The third kappa shape index (κ3) is 4.52. The van der Waals surface area contributed by atoms with E-state index in [9.17, 15) is 36.2 Å². The van der Waals surface area contributed by atoms with Crippen molar-refractivity contribution >= 4 is 12.1 Å². The molecule has 2 aromatic carbocycles. The van der Waals surface area contributed by atoms with Crippen LogP contribution in [0.25, 0.3) is 0 Å². The van der Waals surface area contributed by atoms with Crippen LogP contribution in [0.5, 0.6) is 5.75 Å². The second kappa shape index (κ2) is 7.06. The summed E-state index contributed by atoms with van der Waals surface area (Å²) in [5.74, 6) is -2.16. The zero-order valence-corrected chi connectivity index (χ0v) is 12.7. The van der Waals surface area contributed by atoms with Gasteiger partial charge in [0.25, 0.3) is 5.91 Å². The summed E-state index contributed by atoms with van der Waals surface area (Å²) in [7, 11) is 0. The van der Waals surface area contributed by atoms with Crippen molar-refractivity contribution < 1.29 is 36.2 Å². The first kappa shape index (κ1) is 19.3. The molecule has 2 aromatic rings. The predicted molar refractivity (Wildman–Crippen MR) is 79.6 cm³/mol. The first-order chi connectivity index (χ1) is 12.0. The van der Waals surface area contributed by atoms with Gasteiger partial charge in [0.1, 0.15) is 5.75 Å². The zero-order valence-electron chi connectivity index (χ0n) is 12.7. The molecule has 0 spiro atoms. The number of benzene rings is 2. The lowest BCUT2D eigenvalue weighted by atomic mass is 10.0.